The molecule has 3 rings (SSSR count). The van der Waals surface area contributed by atoms with Crippen LogP contribution in [0.25, 0.3) is 11.0 Å². The number of rotatable bonds is 4. The zero-order valence-electron chi connectivity index (χ0n) is 13.7. The maximum absolute atomic E-state index is 12.3. The monoisotopic (exact) mass is 372 g/mol. The van der Waals surface area contributed by atoms with E-state index in [2.05, 4.69) is 0 Å². The smallest absolute Gasteiger partial charge is 0.351 e. The van der Waals surface area contributed by atoms with Gasteiger partial charge >= 0.3 is 17.6 Å². The molecule has 26 heavy (non-hydrogen) atoms. The number of benzene rings is 2. The molecule has 2 aromatic carbocycles. The fourth-order valence-electron chi connectivity index (χ4n) is 2.27. The zero-order chi connectivity index (χ0) is 18.7. The highest BCUT2D eigenvalue weighted by atomic mass is 35.5. The third-order valence-corrected chi connectivity index (χ3v) is 3.81. The Morgan fingerprint density at radius 2 is 1.88 bits per heavy atom. The molecule has 1 heterocycles. The van der Waals surface area contributed by atoms with Gasteiger partial charge in [0.25, 0.3) is 0 Å². The van der Waals surface area contributed by atoms with Crippen molar-refractivity contribution >= 4 is 34.5 Å². The first-order valence-electron chi connectivity index (χ1n) is 7.61. The lowest BCUT2D eigenvalue weighted by Crippen LogP contribution is -2.18. The minimum atomic E-state index is -0.876. The number of carbonyl (C=O) groups excluding carboxylic acids is 2. The highest BCUT2D eigenvalue weighted by Gasteiger charge is 2.17. The highest BCUT2D eigenvalue weighted by molar-refractivity contribution is 6.32. The van der Waals surface area contributed by atoms with Gasteiger partial charge in [0.2, 0.25) is 0 Å². The Kier molecular flexibility index (Phi) is 5.04. The largest absolute Gasteiger partial charge is 0.461 e. The van der Waals surface area contributed by atoms with Gasteiger partial charge < -0.3 is 13.9 Å². The van der Waals surface area contributed by atoms with Crippen LogP contribution in [0, 0.1) is 0 Å². The van der Waals surface area contributed by atoms with E-state index in [4.69, 9.17) is 25.5 Å². The molecule has 0 N–H and O–H groups in total. The van der Waals surface area contributed by atoms with Crippen molar-refractivity contribution in [3.8, 4) is 5.75 Å². The summed E-state index contributed by atoms with van der Waals surface area (Å²) in [6.07, 6.45) is 0. The van der Waals surface area contributed by atoms with Crippen molar-refractivity contribution < 1.29 is 23.5 Å². The number of hydrogen-bond donors (Lipinski definition) is 0. The van der Waals surface area contributed by atoms with Crippen LogP contribution in [0.3, 0.4) is 0 Å². The van der Waals surface area contributed by atoms with Crippen LogP contribution in [0.15, 0.2) is 57.7 Å². The number of para-hydroxylation sites is 1. The number of ether oxygens (including phenoxy) is 2. The molecule has 7 heteroatoms. The van der Waals surface area contributed by atoms with Crippen molar-refractivity contribution in [3.05, 3.63) is 75.1 Å². The zero-order valence-corrected chi connectivity index (χ0v) is 14.4. The molecular weight excluding hydrogens is 360 g/mol. The highest BCUT2D eigenvalue weighted by Crippen LogP contribution is 2.24. The van der Waals surface area contributed by atoms with Gasteiger partial charge in [0.15, 0.2) is 0 Å². The molecule has 0 atom stereocenters. The van der Waals surface area contributed by atoms with Gasteiger partial charge in [0.1, 0.15) is 23.5 Å². The second-order valence-corrected chi connectivity index (χ2v) is 5.83. The van der Waals surface area contributed by atoms with Gasteiger partial charge in [-0.3, -0.25) is 4.79 Å². The van der Waals surface area contributed by atoms with Crippen molar-refractivity contribution in [1.82, 2.24) is 0 Å². The molecule has 0 saturated carbocycles. The van der Waals surface area contributed by atoms with E-state index in [9.17, 15) is 14.4 Å². The van der Waals surface area contributed by atoms with Crippen LogP contribution in [-0.2, 0) is 16.1 Å². The van der Waals surface area contributed by atoms with Crippen LogP contribution in [-0.4, -0.2) is 11.9 Å². The molecule has 132 valence electrons. The van der Waals surface area contributed by atoms with Crippen molar-refractivity contribution in [2.75, 3.05) is 0 Å². The molecule has 6 nitrogen and oxygen atoms in total. The molecule has 0 bridgehead atoms. The van der Waals surface area contributed by atoms with Gasteiger partial charge in [-0.2, -0.15) is 0 Å². The van der Waals surface area contributed by atoms with Crippen molar-refractivity contribution in [2.45, 2.75) is 13.5 Å². The Morgan fingerprint density at radius 1 is 1.12 bits per heavy atom. The molecule has 1 aromatic heterocycles. The van der Waals surface area contributed by atoms with Crippen molar-refractivity contribution in [2.24, 2.45) is 0 Å². The third kappa shape index (κ3) is 3.92. The van der Waals surface area contributed by atoms with E-state index in [-0.39, 0.29) is 22.9 Å². The maximum Gasteiger partial charge on any atom is 0.351 e. The topological polar surface area (TPSA) is 82.8 Å². The molecule has 0 aliphatic rings. The van der Waals surface area contributed by atoms with Crippen LogP contribution < -0.4 is 10.4 Å². The second kappa shape index (κ2) is 7.41. The van der Waals surface area contributed by atoms with Gasteiger partial charge in [-0.15, -0.1) is 0 Å². The summed E-state index contributed by atoms with van der Waals surface area (Å²) >= 11 is 5.95. The molecular formula is C19H13ClO6. The molecule has 0 fully saturated rings. The van der Waals surface area contributed by atoms with Gasteiger partial charge in [-0.1, -0.05) is 29.8 Å². The van der Waals surface area contributed by atoms with E-state index in [1.54, 1.807) is 36.4 Å². The lowest BCUT2D eigenvalue weighted by molar-refractivity contribution is -0.142. The first kappa shape index (κ1) is 17.7. The quantitative estimate of drug-likeness (QED) is 0.394. The summed E-state index contributed by atoms with van der Waals surface area (Å²) in [5.41, 5.74) is -0.0906. The van der Waals surface area contributed by atoms with Gasteiger partial charge in [0.05, 0.1) is 5.02 Å². The summed E-state index contributed by atoms with van der Waals surface area (Å²) < 4.78 is 15.3. The van der Waals surface area contributed by atoms with E-state index in [1.807, 2.05) is 0 Å². The molecule has 0 aliphatic carbocycles. The molecule has 0 saturated heterocycles. The Morgan fingerprint density at radius 3 is 2.62 bits per heavy atom. The number of carbonyl (C=O) groups is 2. The SMILES string of the molecule is CC(=O)OCc1ccc2oc(=O)c(C(=O)Oc3ccccc3Cl)cc2c1. The van der Waals surface area contributed by atoms with Gasteiger partial charge in [-0.25, -0.2) is 9.59 Å². The summed E-state index contributed by atoms with van der Waals surface area (Å²) in [7, 11) is 0. The Balaban J connectivity index is 1.93. The Bertz CT molecular complexity index is 1050. The van der Waals surface area contributed by atoms with Crippen molar-refractivity contribution in [3.63, 3.8) is 0 Å². The number of halogens is 1. The Labute approximate surface area is 152 Å². The summed E-state index contributed by atoms with van der Waals surface area (Å²) in [6, 6.07) is 12.7. The summed E-state index contributed by atoms with van der Waals surface area (Å²) in [6.45, 7) is 1.38. The normalized spacial score (nSPS) is 10.5. The van der Waals surface area contributed by atoms with Crippen LogP contribution in [0.2, 0.25) is 5.02 Å². The molecule has 0 spiro atoms. The number of fused-ring (bicyclic) bond motifs is 1. The van der Waals surface area contributed by atoms with E-state index < -0.39 is 17.6 Å². The predicted octanol–water partition coefficient (Wildman–Crippen LogP) is 3.73. The minimum absolute atomic E-state index is 0.0732. The molecule has 0 radical (unpaired) electrons. The lowest BCUT2D eigenvalue weighted by atomic mass is 10.1. The van der Waals surface area contributed by atoms with Gasteiger partial charge in [-0.05, 0) is 35.9 Å². The van der Waals surface area contributed by atoms with Crippen molar-refractivity contribution in [1.29, 1.82) is 0 Å². The number of hydrogen-bond acceptors (Lipinski definition) is 6. The van der Waals surface area contributed by atoms with E-state index >= 15 is 0 Å². The standard InChI is InChI=1S/C19H13ClO6/c1-11(21)24-10-12-6-7-16-13(8-12)9-14(18(22)25-16)19(23)26-17-5-3-2-4-15(17)20/h2-9H,10H2,1H3. The van der Waals surface area contributed by atoms with E-state index in [0.717, 1.165) is 0 Å². The third-order valence-electron chi connectivity index (χ3n) is 3.50. The second-order valence-electron chi connectivity index (χ2n) is 5.42. The average molecular weight is 373 g/mol. The average Bonchev–Trinajstić information content (AvgIpc) is 2.61. The van der Waals surface area contributed by atoms with Crippen LogP contribution in [0.5, 0.6) is 5.75 Å². The first-order chi connectivity index (χ1) is 12.4. The fraction of sp³-hybridized carbons (Fsp3) is 0.105. The Hall–Kier alpha value is -3.12. The number of esters is 2. The fourth-order valence-corrected chi connectivity index (χ4v) is 2.45. The molecule has 0 aliphatic heterocycles. The predicted molar refractivity (Wildman–Crippen MR) is 94.4 cm³/mol. The van der Waals surface area contributed by atoms with Crippen LogP contribution >= 0.6 is 11.6 Å². The van der Waals surface area contributed by atoms with Gasteiger partial charge in [0, 0.05) is 12.3 Å². The first-order valence-corrected chi connectivity index (χ1v) is 7.98. The summed E-state index contributed by atoms with van der Waals surface area (Å²) in [4.78, 5) is 35.3. The molecule has 3 aromatic rings. The lowest BCUT2D eigenvalue weighted by Gasteiger charge is -2.07. The van der Waals surface area contributed by atoms with Crippen LogP contribution in [0.4, 0.5) is 0 Å². The molecule has 0 amide bonds. The van der Waals surface area contributed by atoms with E-state index in [0.29, 0.717) is 16.5 Å². The minimum Gasteiger partial charge on any atom is -0.461 e. The summed E-state index contributed by atoms with van der Waals surface area (Å²) in [5.74, 6) is -1.14. The summed E-state index contributed by atoms with van der Waals surface area (Å²) in [5, 5.41) is 0.745. The van der Waals surface area contributed by atoms with E-state index in [1.165, 1.54) is 19.1 Å². The molecule has 0 unspecified atom stereocenters. The maximum atomic E-state index is 12.3. The van der Waals surface area contributed by atoms with Crippen LogP contribution in [0.1, 0.15) is 22.8 Å².